The summed E-state index contributed by atoms with van der Waals surface area (Å²) in [6.07, 6.45) is 0.0439. The van der Waals surface area contributed by atoms with Gasteiger partial charge in [0.15, 0.2) is 17.6 Å². The number of carboxylic acid groups (broad SMARTS) is 1. The van der Waals surface area contributed by atoms with Crippen LogP contribution in [0, 0.1) is 0 Å². The molecule has 2 unspecified atom stereocenters. The van der Waals surface area contributed by atoms with Gasteiger partial charge in [-0.3, -0.25) is 0 Å². The van der Waals surface area contributed by atoms with Gasteiger partial charge in [-0.1, -0.05) is 72.8 Å². The predicted molar refractivity (Wildman–Crippen MR) is 129 cm³/mol. The second-order valence-corrected chi connectivity index (χ2v) is 9.70. The van der Waals surface area contributed by atoms with Gasteiger partial charge in [0.1, 0.15) is 0 Å². The van der Waals surface area contributed by atoms with E-state index in [4.69, 9.17) is 14.6 Å². The molecule has 1 heterocycles. The SMILES string of the molecule is CC(Oc1cccc2c1OCC2CCSC(C)(c1ccccc1)c1ccccc1)C(=O)O. The average Bonchev–Trinajstić information content (AvgIpc) is 3.24. The normalized spacial score (nSPS) is 16.1. The molecule has 32 heavy (non-hydrogen) atoms. The van der Waals surface area contributed by atoms with Gasteiger partial charge in [0.25, 0.3) is 0 Å². The zero-order valence-corrected chi connectivity index (χ0v) is 19.2. The third kappa shape index (κ3) is 4.63. The van der Waals surface area contributed by atoms with Crippen molar-refractivity contribution in [1.82, 2.24) is 0 Å². The zero-order chi connectivity index (χ0) is 22.6. The van der Waals surface area contributed by atoms with Crippen molar-refractivity contribution in [2.75, 3.05) is 12.4 Å². The minimum absolute atomic E-state index is 0.146. The van der Waals surface area contributed by atoms with Crippen molar-refractivity contribution < 1.29 is 19.4 Å². The van der Waals surface area contributed by atoms with Crippen molar-refractivity contribution in [2.24, 2.45) is 0 Å². The third-order valence-electron chi connectivity index (χ3n) is 6.04. The quantitative estimate of drug-likeness (QED) is 0.429. The van der Waals surface area contributed by atoms with Gasteiger partial charge in [0.05, 0.1) is 11.4 Å². The molecule has 0 saturated heterocycles. The summed E-state index contributed by atoms with van der Waals surface area (Å²) in [5.41, 5.74) is 3.68. The highest BCUT2D eigenvalue weighted by Crippen LogP contribution is 2.46. The fourth-order valence-electron chi connectivity index (χ4n) is 4.11. The molecule has 2 atom stereocenters. The molecule has 1 N–H and O–H groups in total. The molecular weight excluding hydrogens is 420 g/mol. The zero-order valence-electron chi connectivity index (χ0n) is 18.4. The number of hydrogen-bond acceptors (Lipinski definition) is 4. The molecule has 0 radical (unpaired) electrons. The van der Waals surface area contributed by atoms with Crippen molar-refractivity contribution in [2.45, 2.75) is 37.0 Å². The molecule has 0 saturated carbocycles. The van der Waals surface area contributed by atoms with E-state index in [0.29, 0.717) is 18.1 Å². The van der Waals surface area contributed by atoms with E-state index in [1.54, 1.807) is 6.07 Å². The second-order valence-electron chi connectivity index (χ2n) is 8.18. The number of ether oxygens (including phenoxy) is 2. The number of hydrogen-bond donors (Lipinski definition) is 1. The summed E-state index contributed by atoms with van der Waals surface area (Å²) < 4.78 is 11.4. The Hall–Kier alpha value is -2.92. The van der Waals surface area contributed by atoms with Gasteiger partial charge >= 0.3 is 5.97 Å². The highest BCUT2D eigenvalue weighted by molar-refractivity contribution is 8.00. The van der Waals surface area contributed by atoms with E-state index in [2.05, 4.69) is 73.7 Å². The Balaban J connectivity index is 1.48. The first-order chi connectivity index (χ1) is 15.5. The fourth-order valence-corrected chi connectivity index (χ4v) is 5.52. The fraction of sp³-hybridized carbons (Fsp3) is 0.296. The molecular formula is C27H28O4S. The lowest BCUT2D eigenvalue weighted by atomic mass is 9.92. The Bertz CT molecular complexity index is 1010. The Morgan fingerprint density at radius 2 is 1.69 bits per heavy atom. The van der Waals surface area contributed by atoms with Crippen LogP contribution in [0.3, 0.4) is 0 Å². The summed E-state index contributed by atoms with van der Waals surface area (Å²) in [5.74, 6) is 1.42. The Labute approximate surface area is 193 Å². The van der Waals surface area contributed by atoms with Crippen molar-refractivity contribution in [1.29, 1.82) is 0 Å². The minimum Gasteiger partial charge on any atom is -0.489 e. The predicted octanol–water partition coefficient (Wildman–Crippen LogP) is 6.10. The van der Waals surface area contributed by atoms with E-state index >= 15 is 0 Å². The highest BCUT2D eigenvalue weighted by atomic mass is 32.2. The lowest BCUT2D eigenvalue weighted by Crippen LogP contribution is -2.23. The van der Waals surface area contributed by atoms with Crippen molar-refractivity contribution in [3.8, 4) is 11.5 Å². The number of rotatable bonds is 9. The number of para-hydroxylation sites is 1. The van der Waals surface area contributed by atoms with Crippen LogP contribution in [0.1, 0.15) is 42.9 Å². The number of fused-ring (bicyclic) bond motifs is 1. The van der Waals surface area contributed by atoms with Crippen molar-refractivity contribution in [3.05, 3.63) is 95.6 Å². The van der Waals surface area contributed by atoms with Gasteiger partial charge < -0.3 is 14.6 Å². The molecule has 3 aromatic rings. The maximum absolute atomic E-state index is 11.2. The standard InChI is InChI=1S/C27H28O4S/c1-19(26(28)29)31-24-15-9-14-23-20(18-30-25(23)24)16-17-32-27(2,21-10-5-3-6-11-21)22-12-7-4-8-13-22/h3-15,19-20H,16-18H2,1-2H3,(H,28,29). The smallest absolute Gasteiger partial charge is 0.344 e. The molecule has 0 amide bonds. The van der Waals surface area contributed by atoms with Crippen molar-refractivity contribution in [3.63, 3.8) is 0 Å². The first kappa shape index (κ1) is 22.3. The largest absolute Gasteiger partial charge is 0.489 e. The molecule has 4 nitrogen and oxygen atoms in total. The molecule has 0 bridgehead atoms. The van der Waals surface area contributed by atoms with Crippen LogP contribution in [-0.2, 0) is 9.54 Å². The lowest BCUT2D eigenvalue weighted by molar-refractivity contribution is -0.144. The van der Waals surface area contributed by atoms with Crippen LogP contribution in [0.25, 0.3) is 0 Å². The molecule has 0 fully saturated rings. The van der Waals surface area contributed by atoms with E-state index in [-0.39, 0.29) is 10.7 Å². The van der Waals surface area contributed by atoms with Crippen LogP contribution in [0.2, 0.25) is 0 Å². The molecule has 4 rings (SSSR count). The number of carbonyl (C=O) groups is 1. The molecule has 0 spiro atoms. The summed E-state index contributed by atoms with van der Waals surface area (Å²) >= 11 is 1.95. The Morgan fingerprint density at radius 3 is 2.28 bits per heavy atom. The Morgan fingerprint density at radius 1 is 1.06 bits per heavy atom. The lowest BCUT2D eigenvalue weighted by Gasteiger charge is -2.31. The van der Waals surface area contributed by atoms with Crippen LogP contribution >= 0.6 is 11.8 Å². The maximum Gasteiger partial charge on any atom is 0.344 e. The van der Waals surface area contributed by atoms with E-state index in [0.717, 1.165) is 17.7 Å². The molecule has 1 aliphatic heterocycles. The molecule has 0 aliphatic carbocycles. The first-order valence-electron chi connectivity index (χ1n) is 10.9. The van der Waals surface area contributed by atoms with Crippen LogP contribution in [0.4, 0.5) is 0 Å². The first-order valence-corrected chi connectivity index (χ1v) is 11.9. The summed E-state index contributed by atoms with van der Waals surface area (Å²) in [6, 6.07) is 27.0. The van der Waals surface area contributed by atoms with E-state index in [9.17, 15) is 4.79 Å². The van der Waals surface area contributed by atoms with E-state index in [1.807, 2.05) is 17.8 Å². The van der Waals surface area contributed by atoms with E-state index < -0.39 is 12.1 Å². The monoisotopic (exact) mass is 448 g/mol. The van der Waals surface area contributed by atoms with Gasteiger partial charge in [0.2, 0.25) is 0 Å². The molecule has 166 valence electrons. The number of aliphatic carboxylic acids is 1. The van der Waals surface area contributed by atoms with Crippen LogP contribution in [0.5, 0.6) is 11.5 Å². The van der Waals surface area contributed by atoms with Gasteiger partial charge in [-0.25, -0.2) is 4.79 Å². The summed E-state index contributed by atoms with van der Waals surface area (Å²) in [5, 5.41) is 9.16. The van der Waals surface area contributed by atoms with Crippen LogP contribution in [-0.4, -0.2) is 29.5 Å². The number of benzene rings is 3. The minimum atomic E-state index is -0.991. The van der Waals surface area contributed by atoms with Gasteiger partial charge in [0, 0.05) is 11.5 Å². The molecule has 1 aliphatic rings. The van der Waals surface area contributed by atoms with Crippen molar-refractivity contribution >= 4 is 17.7 Å². The van der Waals surface area contributed by atoms with Crippen LogP contribution in [0.15, 0.2) is 78.9 Å². The highest BCUT2D eigenvalue weighted by Gasteiger charge is 2.32. The second kappa shape index (κ2) is 9.70. The number of carboxylic acids is 1. The Kier molecular flexibility index (Phi) is 6.75. The third-order valence-corrected chi connectivity index (χ3v) is 7.52. The summed E-state index contributed by atoms with van der Waals surface area (Å²) in [6.45, 7) is 4.41. The average molecular weight is 449 g/mol. The summed E-state index contributed by atoms with van der Waals surface area (Å²) in [7, 11) is 0. The summed E-state index contributed by atoms with van der Waals surface area (Å²) in [4.78, 5) is 11.2. The van der Waals surface area contributed by atoms with Crippen LogP contribution < -0.4 is 9.47 Å². The van der Waals surface area contributed by atoms with Gasteiger partial charge in [-0.2, -0.15) is 0 Å². The molecule has 3 aromatic carbocycles. The molecule has 0 aromatic heterocycles. The molecule has 5 heteroatoms. The maximum atomic E-state index is 11.2. The van der Waals surface area contributed by atoms with Gasteiger partial charge in [-0.15, -0.1) is 11.8 Å². The topological polar surface area (TPSA) is 55.8 Å². The number of thioether (sulfide) groups is 1. The van der Waals surface area contributed by atoms with E-state index in [1.165, 1.54) is 18.1 Å². The van der Waals surface area contributed by atoms with Gasteiger partial charge in [-0.05, 0) is 43.2 Å².